The second-order valence-electron chi connectivity index (χ2n) is 8.74. The standard InChI is InChI=1S/C22H30N4O2/c1-15(2)20-23-21(25-24-20)18-12-26(14-22(18)9-4-5-10-22)19(27)13-28-17-8-6-7-16(3)11-17/h6-8,11,15,18H,4-5,9-10,12-14H2,1-3H3,(H,23,24,25). The zero-order chi connectivity index (χ0) is 19.7. The molecule has 1 saturated carbocycles. The van der Waals surface area contributed by atoms with Gasteiger partial charge in [-0.05, 0) is 42.9 Å². The van der Waals surface area contributed by atoms with E-state index in [4.69, 9.17) is 9.72 Å². The van der Waals surface area contributed by atoms with E-state index in [1.54, 1.807) is 0 Å². The van der Waals surface area contributed by atoms with Crippen LogP contribution in [0.4, 0.5) is 0 Å². The fourth-order valence-corrected chi connectivity index (χ4v) is 4.76. The molecular weight excluding hydrogens is 352 g/mol. The van der Waals surface area contributed by atoms with Crippen LogP contribution in [-0.4, -0.2) is 45.7 Å². The largest absolute Gasteiger partial charge is 0.484 e. The van der Waals surface area contributed by atoms with Gasteiger partial charge in [-0.3, -0.25) is 9.89 Å². The Morgan fingerprint density at radius 3 is 2.82 bits per heavy atom. The van der Waals surface area contributed by atoms with Gasteiger partial charge in [0.05, 0.1) is 0 Å². The molecule has 1 aliphatic carbocycles. The molecule has 6 nitrogen and oxygen atoms in total. The molecule has 1 aromatic carbocycles. The molecule has 1 spiro atoms. The van der Waals surface area contributed by atoms with Gasteiger partial charge in [0.1, 0.15) is 11.6 Å². The number of amides is 1. The Bertz CT molecular complexity index is 839. The average Bonchev–Trinajstić information content (AvgIpc) is 3.40. The van der Waals surface area contributed by atoms with Crippen LogP contribution >= 0.6 is 0 Å². The summed E-state index contributed by atoms with van der Waals surface area (Å²) in [6.07, 6.45) is 4.75. The van der Waals surface area contributed by atoms with Gasteiger partial charge in [-0.2, -0.15) is 5.10 Å². The van der Waals surface area contributed by atoms with E-state index in [2.05, 4.69) is 24.0 Å². The van der Waals surface area contributed by atoms with Gasteiger partial charge in [0.2, 0.25) is 0 Å². The molecule has 1 N–H and O–H groups in total. The van der Waals surface area contributed by atoms with Crippen LogP contribution in [0.25, 0.3) is 0 Å². The Balaban J connectivity index is 1.47. The van der Waals surface area contributed by atoms with Crippen LogP contribution in [0, 0.1) is 12.3 Å². The van der Waals surface area contributed by atoms with Crippen molar-refractivity contribution in [3.8, 4) is 5.75 Å². The van der Waals surface area contributed by atoms with Crippen molar-refractivity contribution < 1.29 is 9.53 Å². The normalized spacial score (nSPS) is 21.0. The zero-order valence-corrected chi connectivity index (χ0v) is 17.1. The molecule has 1 unspecified atom stereocenters. The van der Waals surface area contributed by atoms with E-state index in [0.717, 1.165) is 42.3 Å². The van der Waals surface area contributed by atoms with Crippen LogP contribution in [0.3, 0.4) is 0 Å². The number of benzene rings is 1. The van der Waals surface area contributed by atoms with E-state index in [9.17, 15) is 4.79 Å². The van der Waals surface area contributed by atoms with Gasteiger partial charge in [0, 0.05) is 24.9 Å². The lowest BCUT2D eigenvalue weighted by Gasteiger charge is -2.28. The molecule has 1 amide bonds. The Kier molecular flexibility index (Phi) is 5.13. The molecule has 1 atom stereocenters. The second-order valence-corrected chi connectivity index (χ2v) is 8.74. The van der Waals surface area contributed by atoms with Gasteiger partial charge >= 0.3 is 0 Å². The summed E-state index contributed by atoms with van der Waals surface area (Å²) in [6.45, 7) is 7.80. The van der Waals surface area contributed by atoms with Crippen LogP contribution in [-0.2, 0) is 4.79 Å². The van der Waals surface area contributed by atoms with E-state index >= 15 is 0 Å². The minimum Gasteiger partial charge on any atom is -0.484 e. The fraction of sp³-hybridized carbons (Fsp3) is 0.591. The molecule has 2 heterocycles. The van der Waals surface area contributed by atoms with Crippen molar-refractivity contribution >= 4 is 5.91 Å². The number of aromatic amines is 1. The molecule has 150 valence electrons. The molecule has 1 saturated heterocycles. The number of rotatable bonds is 5. The number of aromatic nitrogens is 3. The number of nitrogens with one attached hydrogen (secondary N) is 1. The maximum absolute atomic E-state index is 12.9. The molecule has 4 rings (SSSR count). The van der Waals surface area contributed by atoms with E-state index in [-0.39, 0.29) is 23.8 Å². The lowest BCUT2D eigenvalue weighted by atomic mass is 9.76. The highest BCUT2D eigenvalue weighted by molar-refractivity contribution is 5.78. The molecule has 2 fully saturated rings. The number of ether oxygens (including phenoxy) is 1. The minimum atomic E-state index is 0.0545. The third-order valence-electron chi connectivity index (χ3n) is 6.32. The minimum absolute atomic E-state index is 0.0545. The molecule has 1 aliphatic heterocycles. The molecule has 2 aliphatic rings. The van der Waals surface area contributed by atoms with Gasteiger partial charge in [0.25, 0.3) is 5.91 Å². The summed E-state index contributed by atoms with van der Waals surface area (Å²) in [5, 5.41) is 7.58. The summed E-state index contributed by atoms with van der Waals surface area (Å²) in [4.78, 5) is 19.6. The maximum Gasteiger partial charge on any atom is 0.260 e. The highest BCUT2D eigenvalue weighted by atomic mass is 16.5. The Hall–Kier alpha value is -2.37. The van der Waals surface area contributed by atoms with Crippen molar-refractivity contribution in [1.82, 2.24) is 20.1 Å². The number of carbonyl (C=O) groups is 1. The first kappa shape index (κ1) is 19.0. The van der Waals surface area contributed by atoms with Crippen molar-refractivity contribution in [2.24, 2.45) is 5.41 Å². The molecule has 0 bridgehead atoms. The van der Waals surface area contributed by atoms with Gasteiger partial charge < -0.3 is 9.64 Å². The van der Waals surface area contributed by atoms with Crippen LogP contribution in [0.2, 0.25) is 0 Å². The van der Waals surface area contributed by atoms with Crippen molar-refractivity contribution in [2.45, 2.75) is 58.3 Å². The summed E-state index contributed by atoms with van der Waals surface area (Å²) in [5.41, 5.74) is 1.26. The first-order valence-corrected chi connectivity index (χ1v) is 10.4. The Morgan fingerprint density at radius 2 is 2.14 bits per heavy atom. The topological polar surface area (TPSA) is 71.1 Å². The van der Waals surface area contributed by atoms with E-state index in [1.807, 2.05) is 36.1 Å². The van der Waals surface area contributed by atoms with Gasteiger partial charge in [-0.15, -0.1) is 0 Å². The predicted molar refractivity (Wildman–Crippen MR) is 107 cm³/mol. The highest BCUT2D eigenvalue weighted by Gasteiger charge is 2.51. The molecule has 0 radical (unpaired) electrons. The number of H-pyrrole nitrogens is 1. The van der Waals surface area contributed by atoms with Crippen LogP contribution in [0.1, 0.15) is 68.6 Å². The van der Waals surface area contributed by atoms with Crippen molar-refractivity contribution in [1.29, 1.82) is 0 Å². The fourth-order valence-electron chi connectivity index (χ4n) is 4.76. The third-order valence-corrected chi connectivity index (χ3v) is 6.32. The van der Waals surface area contributed by atoms with Gasteiger partial charge in [-0.1, -0.05) is 38.8 Å². The number of nitrogens with zero attached hydrogens (tertiary/aromatic N) is 3. The quantitative estimate of drug-likeness (QED) is 0.854. The van der Waals surface area contributed by atoms with E-state index in [0.29, 0.717) is 12.5 Å². The monoisotopic (exact) mass is 382 g/mol. The number of aryl methyl sites for hydroxylation is 1. The third kappa shape index (κ3) is 3.64. The number of likely N-dealkylation sites (tertiary alicyclic amines) is 1. The van der Waals surface area contributed by atoms with Crippen LogP contribution in [0.5, 0.6) is 5.75 Å². The lowest BCUT2D eigenvalue weighted by Crippen LogP contribution is -2.34. The number of hydrogen-bond donors (Lipinski definition) is 1. The van der Waals surface area contributed by atoms with Gasteiger partial charge in [-0.25, -0.2) is 4.98 Å². The van der Waals surface area contributed by atoms with Crippen LogP contribution in [0.15, 0.2) is 24.3 Å². The van der Waals surface area contributed by atoms with Crippen molar-refractivity contribution in [2.75, 3.05) is 19.7 Å². The highest BCUT2D eigenvalue weighted by Crippen LogP contribution is 2.52. The number of hydrogen-bond acceptors (Lipinski definition) is 4. The smallest absolute Gasteiger partial charge is 0.260 e. The van der Waals surface area contributed by atoms with E-state index < -0.39 is 0 Å². The first-order valence-electron chi connectivity index (χ1n) is 10.4. The van der Waals surface area contributed by atoms with Gasteiger partial charge in [0.15, 0.2) is 12.4 Å². The maximum atomic E-state index is 12.9. The van der Waals surface area contributed by atoms with Crippen molar-refractivity contribution in [3.05, 3.63) is 41.5 Å². The Morgan fingerprint density at radius 1 is 1.36 bits per heavy atom. The van der Waals surface area contributed by atoms with Crippen LogP contribution < -0.4 is 4.74 Å². The SMILES string of the molecule is Cc1cccc(OCC(=O)N2CC(c3nc(C(C)C)n[nH]3)C3(CCCC3)C2)c1. The first-order chi connectivity index (χ1) is 13.5. The Labute approximate surface area is 166 Å². The summed E-state index contributed by atoms with van der Waals surface area (Å²) >= 11 is 0. The van der Waals surface area contributed by atoms with E-state index in [1.165, 1.54) is 12.8 Å². The zero-order valence-electron chi connectivity index (χ0n) is 17.1. The predicted octanol–water partition coefficient (Wildman–Crippen LogP) is 3.80. The second kappa shape index (κ2) is 7.57. The average molecular weight is 383 g/mol. The molecule has 2 aromatic rings. The lowest BCUT2D eigenvalue weighted by molar-refractivity contribution is -0.132. The summed E-state index contributed by atoms with van der Waals surface area (Å²) in [7, 11) is 0. The molecule has 1 aromatic heterocycles. The molecule has 6 heteroatoms. The summed E-state index contributed by atoms with van der Waals surface area (Å²) in [6, 6.07) is 7.82. The summed E-state index contributed by atoms with van der Waals surface area (Å²) in [5.74, 6) is 3.14. The molecule has 28 heavy (non-hydrogen) atoms. The summed E-state index contributed by atoms with van der Waals surface area (Å²) < 4.78 is 5.76. The number of carbonyl (C=O) groups excluding carboxylic acids is 1. The molecular formula is C22H30N4O2. The van der Waals surface area contributed by atoms with Crippen molar-refractivity contribution in [3.63, 3.8) is 0 Å².